The van der Waals surface area contributed by atoms with Crippen molar-refractivity contribution in [1.29, 1.82) is 0 Å². The first-order chi connectivity index (χ1) is 9.71. The van der Waals surface area contributed by atoms with Gasteiger partial charge in [-0.1, -0.05) is 24.6 Å². The van der Waals surface area contributed by atoms with Crippen molar-refractivity contribution in [3.8, 4) is 22.6 Å². The molecule has 2 N–H and O–H groups in total. The Hall–Kier alpha value is -2.17. The molecule has 5 nitrogen and oxygen atoms in total. The van der Waals surface area contributed by atoms with Crippen LogP contribution >= 0.6 is 0 Å². The maximum atomic E-state index is 5.91. The SMILES string of the molecule is CCCCc1noc(N)c1-c1ccc(OC)c(OC)c1. The van der Waals surface area contributed by atoms with Crippen LogP contribution in [0.15, 0.2) is 22.7 Å². The summed E-state index contributed by atoms with van der Waals surface area (Å²) in [4.78, 5) is 0. The lowest BCUT2D eigenvalue weighted by molar-refractivity contribution is 0.355. The van der Waals surface area contributed by atoms with Gasteiger partial charge in [0.05, 0.1) is 25.5 Å². The zero-order valence-corrected chi connectivity index (χ0v) is 12.1. The second-order valence-corrected chi connectivity index (χ2v) is 4.54. The van der Waals surface area contributed by atoms with Crippen molar-refractivity contribution in [3.05, 3.63) is 23.9 Å². The molecule has 2 aromatic rings. The van der Waals surface area contributed by atoms with Gasteiger partial charge < -0.3 is 19.7 Å². The molecular formula is C15H20N2O3. The van der Waals surface area contributed by atoms with Gasteiger partial charge in [-0.25, -0.2) is 0 Å². The summed E-state index contributed by atoms with van der Waals surface area (Å²) in [5, 5.41) is 4.06. The third-order valence-electron chi connectivity index (χ3n) is 3.23. The van der Waals surface area contributed by atoms with Crippen LogP contribution in [0.2, 0.25) is 0 Å². The number of ether oxygens (including phenoxy) is 2. The molecule has 0 saturated heterocycles. The summed E-state index contributed by atoms with van der Waals surface area (Å²) in [5.41, 5.74) is 8.56. The Labute approximate surface area is 118 Å². The molecule has 108 valence electrons. The molecule has 0 aliphatic carbocycles. The van der Waals surface area contributed by atoms with Gasteiger partial charge >= 0.3 is 0 Å². The Morgan fingerprint density at radius 1 is 1.20 bits per heavy atom. The van der Waals surface area contributed by atoms with Crippen molar-refractivity contribution < 1.29 is 14.0 Å². The van der Waals surface area contributed by atoms with Crippen LogP contribution in [-0.2, 0) is 6.42 Å². The summed E-state index contributed by atoms with van der Waals surface area (Å²) in [6.45, 7) is 2.14. The van der Waals surface area contributed by atoms with E-state index in [2.05, 4.69) is 12.1 Å². The lowest BCUT2D eigenvalue weighted by atomic mass is 10.0. The smallest absolute Gasteiger partial charge is 0.230 e. The zero-order chi connectivity index (χ0) is 14.5. The third-order valence-corrected chi connectivity index (χ3v) is 3.23. The number of unbranched alkanes of at least 4 members (excludes halogenated alkanes) is 1. The fourth-order valence-electron chi connectivity index (χ4n) is 2.15. The highest BCUT2D eigenvalue weighted by molar-refractivity contribution is 5.76. The Balaban J connectivity index is 2.43. The van der Waals surface area contributed by atoms with Crippen LogP contribution in [0.3, 0.4) is 0 Å². The summed E-state index contributed by atoms with van der Waals surface area (Å²) < 4.78 is 15.7. The van der Waals surface area contributed by atoms with E-state index in [1.165, 1.54) is 0 Å². The Morgan fingerprint density at radius 3 is 2.60 bits per heavy atom. The summed E-state index contributed by atoms with van der Waals surface area (Å²) in [5.74, 6) is 1.68. The molecule has 0 radical (unpaired) electrons. The molecule has 0 saturated carbocycles. The van der Waals surface area contributed by atoms with Gasteiger partial charge in [-0.15, -0.1) is 0 Å². The number of nitrogens with two attached hydrogens (primary N) is 1. The van der Waals surface area contributed by atoms with Gasteiger partial charge in [0.15, 0.2) is 11.5 Å². The van der Waals surface area contributed by atoms with Crippen LogP contribution in [0.4, 0.5) is 5.88 Å². The van der Waals surface area contributed by atoms with E-state index in [1.54, 1.807) is 14.2 Å². The standard InChI is InChI=1S/C15H20N2O3/c1-4-5-6-11-14(15(16)20-17-11)10-7-8-12(18-2)13(9-10)19-3/h7-9H,4-6,16H2,1-3H3. The van der Waals surface area contributed by atoms with E-state index in [9.17, 15) is 0 Å². The lowest BCUT2D eigenvalue weighted by Gasteiger charge is -2.09. The Kier molecular flexibility index (Phi) is 4.50. The first-order valence-corrected chi connectivity index (χ1v) is 6.67. The van der Waals surface area contributed by atoms with Crippen LogP contribution in [0, 0.1) is 0 Å². The van der Waals surface area contributed by atoms with E-state index < -0.39 is 0 Å². The van der Waals surface area contributed by atoms with Crippen LogP contribution in [0.25, 0.3) is 11.1 Å². The Bertz CT molecular complexity index is 578. The first-order valence-electron chi connectivity index (χ1n) is 6.67. The third kappa shape index (κ3) is 2.71. The van der Waals surface area contributed by atoms with E-state index in [-0.39, 0.29) is 0 Å². The molecule has 0 spiro atoms. The highest BCUT2D eigenvalue weighted by atomic mass is 16.5. The van der Waals surface area contributed by atoms with E-state index in [0.717, 1.165) is 36.1 Å². The van der Waals surface area contributed by atoms with Gasteiger partial charge in [0.25, 0.3) is 0 Å². The van der Waals surface area contributed by atoms with Crippen molar-refractivity contribution >= 4 is 5.88 Å². The predicted molar refractivity (Wildman–Crippen MR) is 78.1 cm³/mol. The van der Waals surface area contributed by atoms with Crippen molar-refractivity contribution in [2.24, 2.45) is 0 Å². The summed E-state index contributed by atoms with van der Waals surface area (Å²) in [6, 6.07) is 5.67. The number of hydrogen-bond donors (Lipinski definition) is 1. The number of aromatic nitrogens is 1. The minimum atomic E-state index is 0.336. The fraction of sp³-hybridized carbons (Fsp3) is 0.400. The highest BCUT2D eigenvalue weighted by Gasteiger charge is 2.17. The molecule has 1 heterocycles. The number of hydrogen-bond acceptors (Lipinski definition) is 5. The van der Waals surface area contributed by atoms with Crippen LogP contribution < -0.4 is 15.2 Å². The van der Waals surface area contributed by atoms with Gasteiger partial charge in [0, 0.05) is 0 Å². The number of nitrogen functional groups attached to an aromatic ring is 1. The summed E-state index contributed by atoms with van der Waals surface area (Å²) in [6.07, 6.45) is 2.99. The molecule has 0 aliphatic rings. The van der Waals surface area contributed by atoms with Gasteiger partial charge in [0.1, 0.15) is 0 Å². The molecule has 0 bridgehead atoms. The topological polar surface area (TPSA) is 70.5 Å². The van der Waals surface area contributed by atoms with Crippen molar-refractivity contribution in [1.82, 2.24) is 5.16 Å². The lowest BCUT2D eigenvalue weighted by Crippen LogP contribution is -1.94. The maximum absolute atomic E-state index is 5.91. The van der Waals surface area contributed by atoms with Gasteiger partial charge in [0.2, 0.25) is 5.88 Å². The molecule has 0 amide bonds. The monoisotopic (exact) mass is 276 g/mol. The second-order valence-electron chi connectivity index (χ2n) is 4.54. The molecule has 5 heteroatoms. The average Bonchev–Trinajstić information content (AvgIpc) is 2.85. The van der Waals surface area contributed by atoms with Crippen molar-refractivity contribution in [2.45, 2.75) is 26.2 Å². The summed E-state index contributed by atoms with van der Waals surface area (Å²) in [7, 11) is 3.22. The van der Waals surface area contributed by atoms with E-state index in [4.69, 9.17) is 19.7 Å². The van der Waals surface area contributed by atoms with E-state index >= 15 is 0 Å². The quantitative estimate of drug-likeness (QED) is 0.876. The van der Waals surface area contributed by atoms with Gasteiger partial charge in [-0.3, -0.25) is 0 Å². The van der Waals surface area contributed by atoms with Crippen LogP contribution in [0.1, 0.15) is 25.5 Å². The maximum Gasteiger partial charge on any atom is 0.230 e. The molecular weight excluding hydrogens is 256 g/mol. The molecule has 1 aromatic carbocycles. The molecule has 2 rings (SSSR count). The normalized spacial score (nSPS) is 10.6. The van der Waals surface area contributed by atoms with Gasteiger partial charge in [-0.2, -0.15) is 0 Å². The zero-order valence-electron chi connectivity index (χ0n) is 12.1. The number of rotatable bonds is 6. The number of aryl methyl sites for hydroxylation is 1. The molecule has 20 heavy (non-hydrogen) atoms. The van der Waals surface area contributed by atoms with Crippen LogP contribution in [-0.4, -0.2) is 19.4 Å². The molecule has 1 aromatic heterocycles. The number of nitrogens with zero attached hydrogens (tertiary/aromatic N) is 1. The fourth-order valence-corrected chi connectivity index (χ4v) is 2.15. The molecule has 0 fully saturated rings. The highest BCUT2D eigenvalue weighted by Crippen LogP contribution is 2.36. The average molecular weight is 276 g/mol. The van der Waals surface area contributed by atoms with E-state index in [0.29, 0.717) is 17.4 Å². The largest absolute Gasteiger partial charge is 0.493 e. The van der Waals surface area contributed by atoms with Gasteiger partial charge in [-0.05, 0) is 30.5 Å². The minimum Gasteiger partial charge on any atom is -0.493 e. The predicted octanol–water partition coefficient (Wildman–Crippen LogP) is 3.28. The van der Waals surface area contributed by atoms with Crippen molar-refractivity contribution in [2.75, 3.05) is 20.0 Å². The van der Waals surface area contributed by atoms with Crippen LogP contribution in [0.5, 0.6) is 11.5 Å². The number of benzene rings is 1. The molecule has 0 aliphatic heterocycles. The molecule has 0 atom stereocenters. The first kappa shape index (κ1) is 14.2. The number of anilines is 1. The minimum absolute atomic E-state index is 0.336. The second kappa shape index (κ2) is 6.32. The van der Waals surface area contributed by atoms with E-state index in [1.807, 2.05) is 18.2 Å². The van der Waals surface area contributed by atoms with Crippen molar-refractivity contribution in [3.63, 3.8) is 0 Å². The molecule has 0 unspecified atom stereocenters. The Morgan fingerprint density at radius 2 is 1.95 bits per heavy atom. The number of methoxy groups -OCH3 is 2. The summed E-state index contributed by atoms with van der Waals surface area (Å²) >= 11 is 0.